The summed E-state index contributed by atoms with van der Waals surface area (Å²) in [7, 11) is 7.50. The Balaban J connectivity index is -0.0000000750. The van der Waals surface area contributed by atoms with E-state index < -0.39 is 5.97 Å². The van der Waals surface area contributed by atoms with Crippen LogP contribution >= 0.6 is 0 Å². The molecule has 0 aromatic heterocycles. The van der Waals surface area contributed by atoms with E-state index >= 15 is 0 Å². The molecule has 0 spiro atoms. The molecule has 0 aromatic rings. The third-order valence-corrected chi connectivity index (χ3v) is 0. The fraction of sp³-hybridized carbons (Fsp3) is 0.833. The number of nitrogens with one attached hydrogen (secondary N) is 2. The normalized spacial score (nSPS) is 6.10. The molecular formula is C6H18N2O2. The first-order chi connectivity index (χ1) is 4.56. The van der Waals surface area contributed by atoms with Crippen LogP contribution in [-0.4, -0.2) is 39.3 Å². The van der Waals surface area contributed by atoms with Gasteiger partial charge in [0.05, 0.1) is 0 Å². The lowest BCUT2D eigenvalue weighted by Crippen LogP contribution is -1.89. The van der Waals surface area contributed by atoms with Crippen molar-refractivity contribution in [1.29, 1.82) is 0 Å². The van der Waals surface area contributed by atoms with Gasteiger partial charge in [0, 0.05) is 6.92 Å². The first-order valence-corrected chi connectivity index (χ1v) is 2.93. The van der Waals surface area contributed by atoms with Crippen LogP contribution < -0.4 is 10.6 Å². The van der Waals surface area contributed by atoms with Crippen LogP contribution in [0.4, 0.5) is 0 Å². The van der Waals surface area contributed by atoms with E-state index in [-0.39, 0.29) is 0 Å². The van der Waals surface area contributed by atoms with Crippen LogP contribution in [0.1, 0.15) is 6.92 Å². The fourth-order valence-electron chi connectivity index (χ4n) is 0. The van der Waals surface area contributed by atoms with Crippen LogP contribution in [0.15, 0.2) is 0 Å². The molecule has 0 amide bonds. The molecule has 0 unspecified atom stereocenters. The molecule has 0 aliphatic heterocycles. The van der Waals surface area contributed by atoms with Crippen LogP contribution in [-0.2, 0) is 4.79 Å². The quantitative estimate of drug-likeness (QED) is 0.446. The molecule has 64 valence electrons. The minimum atomic E-state index is -0.833. The molecule has 0 fully saturated rings. The third-order valence-electron chi connectivity index (χ3n) is 0. The summed E-state index contributed by atoms with van der Waals surface area (Å²) in [5.74, 6) is -0.833. The average molecular weight is 150 g/mol. The number of carbonyl (C=O) groups is 1. The van der Waals surface area contributed by atoms with Crippen molar-refractivity contribution < 1.29 is 9.90 Å². The van der Waals surface area contributed by atoms with Crippen molar-refractivity contribution in [2.45, 2.75) is 6.92 Å². The Morgan fingerprint density at radius 2 is 1.10 bits per heavy atom. The van der Waals surface area contributed by atoms with E-state index in [1.807, 2.05) is 28.2 Å². The van der Waals surface area contributed by atoms with Crippen LogP contribution in [0, 0.1) is 0 Å². The highest BCUT2D eigenvalue weighted by Gasteiger charge is 1.65. The molecule has 4 heteroatoms. The average Bonchev–Trinajstić information content (AvgIpc) is 1.65. The minimum absolute atomic E-state index is 0.833. The van der Waals surface area contributed by atoms with E-state index in [0.717, 1.165) is 6.92 Å². The Morgan fingerprint density at radius 3 is 1.10 bits per heavy atom. The van der Waals surface area contributed by atoms with Gasteiger partial charge in [-0.05, 0) is 28.2 Å². The molecule has 0 aromatic carbocycles. The van der Waals surface area contributed by atoms with Crippen molar-refractivity contribution in [3.8, 4) is 0 Å². The molecule has 4 nitrogen and oxygen atoms in total. The summed E-state index contributed by atoms with van der Waals surface area (Å²) in [6.07, 6.45) is 0. The first-order valence-electron chi connectivity index (χ1n) is 2.93. The zero-order chi connectivity index (χ0) is 8.99. The molecule has 0 bridgehead atoms. The molecule has 0 rings (SSSR count). The largest absolute Gasteiger partial charge is 0.481 e. The Kier molecular flexibility index (Phi) is 38.5. The minimum Gasteiger partial charge on any atom is -0.481 e. The molecule has 10 heavy (non-hydrogen) atoms. The Hall–Kier alpha value is -0.610. The number of aliphatic carboxylic acids is 1. The topological polar surface area (TPSA) is 61.4 Å². The van der Waals surface area contributed by atoms with Gasteiger partial charge in [-0.1, -0.05) is 0 Å². The zero-order valence-electron chi connectivity index (χ0n) is 7.36. The lowest BCUT2D eigenvalue weighted by Gasteiger charge is -1.59. The molecule has 3 N–H and O–H groups in total. The van der Waals surface area contributed by atoms with E-state index in [4.69, 9.17) is 9.90 Å². The highest BCUT2D eigenvalue weighted by molar-refractivity contribution is 5.62. The van der Waals surface area contributed by atoms with E-state index in [1.54, 1.807) is 0 Å². The van der Waals surface area contributed by atoms with Crippen molar-refractivity contribution in [3.63, 3.8) is 0 Å². The number of hydrogen-bond donors (Lipinski definition) is 3. The van der Waals surface area contributed by atoms with Gasteiger partial charge in [-0.15, -0.1) is 0 Å². The van der Waals surface area contributed by atoms with Crippen molar-refractivity contribution in [2.24, 2.45) is 0 Å². The highest BCUT2D eigenvalue weighted by atomic mass is 16.4. The lowest BCUT2D eigenvalue weighted by atomic mass is 10.9. The van der Waals surface area contributed by atoms with Crippen LogP contribution in [0.2, 0.25) is 0 Å². The number of rotatable bonds is 0. The van der Waals surface area contributed by atoms with Gasteiger partial charge >= 0.3 is 0 Å². The Labute approximate surface area is 62.6 Å². The molecule has 0 heterocycles. The summed E-state index contributed by atoms with van der Waals surface area (Å²) < 4.78 is 0. The van der Waals surface area contributed by atoms with E-state index in [1.165, 1.54) is 0 Å². The van der Waals surface area contributed by atoms with E-state index in [9.17, 15) is 0 Å². The molecule has 0 atom stereocenters. The number of carboxylic acid groups (broad SMARTS) is 1. The summed E-state index contributed by atoms with van der Waals surface area (Å²) in [5.41, 5.74) is 0. The van der Waals surface area contributed by atoms with E-state index in [0.29, 0.717) is 0 Å². The predicted octanol–water partition coefficient (Wildman–Crippen LogP) is -0.238. The molecule has 0 aliphatic carbocycles. The van der Waals surface area contributed by atoms with Gasteiger partial charge in [0.15, 0.2) is 0 Å². The summed E-state index contributed by atoms with van der Waals surface area (Å²) in [4.78, 5) is 9.00. The molecule has 0 aliphatic rings. The SMILES string of the molecule is CC(=O)O.CNC.CNC. The second kappa shape index (κ2) is 23.8. The fourth-order valence-corrected chi connectivity index (χ4v) is 0. The van der Waals surface area contributed by atoms with Gasteiger partial charge in [-0.3, -0.25) is 4.79 Å². The van der Waals surface area contributed by atoms with Crippen LogP contribution in [0.3, 0.4) is 0 Å². The zero-order valence-corrected chi connectivity index (χ0v) is 7.36. The van der Waals surface area contributed by atoms with Gasteiger partial charge in [-0.2, -0.15) is 0 Å². The molecular weight excluding hydrogens is 132 g/mol. The van der Waals surface area contributed by atoms with Crippen LogP contribution in [0.5, 0.6) is 0 Å². The maximum Gasteiger partial charge on any atom is 0.300 e. The number of carboxylic acids is 1. The standard InChI is InChI=1S/2C2H7N.C2H4O2/c2*1-3-2;1-2(3)4/h2*3H,1-2H3;1H3,(H,3,4). The summed E-state index contributed by atoms with van der Waals surface area (Å²) >= 11 is 0. The van der Waals surface area contributed by atoms with E-state index in [2.05, 4.69) is 10.6 Å². The molecule has 0 radical (unpaired) electrons. The first kappa shape index (κ1) is 16.2. The van der Waals surface area contributed by atoms with Gasteiger partial charge in [-0.25, -0.2) is 0 Å². The maximum absolute atomic E-state index is 9.00. The smallest absolute Gasteiger partial charge is 0.300 e. The van der Waals surface area contributed by atoms with Crippen molar-refractivity contribution in [2.75, 3.05) is 28.2 Å². The summed E-state index contributed by atoms with van der Waals surface area (Å²) in [5, 5.41) is 12.9. The van der Waals surface area contributed by atoms with Gasteiger partial charge < -0.3 is 15.7 Å². The molecule has 0 saturated heterocycles. The Morgan fingerprint density at radius 1 is 1.10 bits per heavy atom. The van der Waals surface area contributed by atoms with Gasteiger partial charge in [0.25, 0.3) is 5.97 Å². The monoisotopic (exact) mass is 150 g/mol. The lowest BCUT2D eigenvalue weighted by molar-refractivity contribution is -0.134. The summed E-state index contributed by atoms with van der Waals surface area (Å²) in [6.45, 7) is 1.08. The summed E-state index contributed by atoms with van der Waals surface area (Å²) in [6, 6.07) is 0. The van der Waals surface area contributed by atoms with Crippen molar-refractivity contribution in [1.82, 2.24) is 10.6 Å². The third kappa shape index (κ3) is 811. The second-order valence-electron chi connectivity index (χ2n) is 1.52. The van der Waals surface area contributed by atoms with Crippen LogP contribution in [0.25, 0.3) is 0 Å². The van der Waals surface area contributed by atoms with Gasteiger partial charge in [0.1, 0.15) is 0 Å². The predicted molar refractivity (Wildman–Crippen MR) is 43.3 cm³/mol. The van der Waals surface area contributed by atoms with Crippen molar-refractivity contribution >= 4 is 5.97 Å². The maximum atomic E-state index is 9.00. The second-order valence-corrected chi connectivity index (χ2v) is 1.52. The van der Waals surface area contributed by atoms with Crippen molar-refractivity contribution in [3.05, 3.63) is 0 Å². The molecule has 0 saturated carbocycles. The highest BCUT2D eigenvalue weighted by Crippen LogP contribution is 1.42. The van der Waals surface area contributed by atoms with Gasteiger partial charge in [0.2, 0.25) is 0 Å². The Bertz CT molecular complexity index is 51.7. The number of hydrogen-bond acceptors (Lipinski definition) is 3.